The molecule has 6 nitrogen and oxygen atoms in total. The van der Waals surface area contributed by atoms with E-state index in [1.165, 1.54) is 6.92 Å². The molecule has 1 aromatic carbocycles. The van der Waals surface area contributed by atoms with Crippen molar-refractivity contribution in [3.05, 3.63) is 23.8 Å². The fraction of sp³-hybridized carbons (Fsp3) is 0.588. The van der Waals surface area contributed by atoms with E-state index in [0.29, 0.717) is 37.4 Å². The molecule has 1 amide bonds. The summed E-state index contributed by atoms with van der Waals surface area (Å²) in [5, 5.41) is 0. The molecule has 1 unspecified atom stereocenters. The molecule has 25 heavy (non-hydrogen) atoms. The molecule has 0 spiro atoms. The number of carbonyl (C=O) groups excluding carboxylic acids is 1. The number of rotatable bonds is 4. The second-order valence-corrected chi connectivity index (χ2v) is 8.44. The van der Waals surface area contributed by atoms with Gasteiger partial charge in [-0.15, -0.1) is 12.4 Å². The third-order valence-corrected chi connectivity index (χ3v) is 6.95. The quantitative estimate of drug-likeness (QED) is 0.855. The third kappa shape index (κ3) is 3.84. The van der Waals surface area contributed by atoms with Crippen LogP contribution in [-0.2, 0) is 21.2 Å². The molecule has 0 aromatic heterocycles. The molecule has 1 atom stereocenters. The van der Waals surface area contributed by atoms with Gasteiger partial charge in [0.05, 0.1) is 4.90 Å². The molecule has 0 saturated carbocycles. The third-order valence-electron chi connectivity index (χ3n) is 5.01. The summed E-state index contributed by atoms with van der Waals surface area (Å²) in [5.41, 5.74) is 7.42. The Hall–Kier alpha value is -1.15. The Bertz CT molecular complexity index is 737. The summed E-state index contributed by atoms with van der Waals surface area (Å²) in [6, 6.07) is 5.12. The summed E-state index contributed by atoms with van der Waals surface area (Å²) in [6.45, 7) is 3.21. The average Bonchev–Trinajstić information content (AvgIpc) is 2.99. The number of nitrogens with two attached hydrogens (primary N) is 1. The number of anilines is 1. The first-order valence-electron chi connectivity index (χ1n) is 8.58. The summed E-state index contributed by atoms with van der Waals surface area (Å²) in [7, 11) is -3.52. The van der Waals surface area contributed by atoms with Crippen LogP contribution in [0.1, 0.15) is 38.2 Å². The molecule has 2 heterocycles. The maximum absolute atomic E-state index is 13.1. The number of sulfonamides is 1. The van der Waals surface area contributed by atoms with Gasteiger partial charge in [0, 0.05) is 31.7 Å². The molecule has 1 fully saturated rings. The molecular weight excluding hydrogens is 362 g/mol. The fourth-order valence-electron chi connectivity index (χ4n) is 3.77. The number of amides is 1. The highest BCUT2D eigenvalue weighted by molar-refractivity contribution is 7.89. The van der Waals surface area contributed by atoms with E-state index in [1.54, 1.807) is 27.4 Å². The van der Waals surface area contributed by atoms with Gasteiger partial charge in [0.15, 0.2) is 0 Å². The number of halogens is 1. The molecule has 0 radical (unpaired) electrons. The van der Waals surface area contributed by atoms with Crippen LogP contribution in [0.3, 0.4) is 0 Å². The van der Waals surface area contributed by atoms with Gasteiger partial charge in [0.25, 0.3) is 0 Å². The van der Waals surface area contributed by atoms with Gasteiger partial charge in [-0.3, -0.25) is 4.79 Å². The predicted molar refractivity (Wildman–Crippen MR) is 101 cm³/mol. The van der Waals surface area contributed by atoms with Crippen molar-refractivity contribution in [2.24, 2.45) is 5.73 Å². The Balaban J connectivity index is 0.00000225. The summed E-state index contributed by atoms with van der Waals surface area (Å²) in [6.07, 6.45) is 4.21. The molecule has 2 N–H and O–H groups in total. The van der Waals surface area contributed by atoms with Gasteiger partial charge in [-0.25, -0.2) is 8.42 Å². The van der Waals surface area contributed by atoms with Gasteiger partial charge in [0.1, 0.15) is 0 Å². The largest absolute Gasteiger partial charge is 0.330 e. The number of fused-ring (bicyclic) bond motifs is 1. The van der Waals surface area contributed by atoms with Gasteiger partial charge in [0.2, 0.25) is 15.9 Å². The van der Waals surface area contributed by atoms with Crippen molar-refractivity contribution in [3.8, 4) is 0 Å². The van der Waals surface area contributed by atoms with E-state index in [2.05, 4.69) is 0 Å². The Kier molecular flexibility index (Phi) is 6.48. The van der Waals surface area contributed by atoms with Crippen molar-refractivity contribution in [1.82, 2.24) is 4.31 Å². The molecule has 3 rings (SSSR count). The Morgan fingerprint density at radius 1 is 1.28 bits per heavy atom. The first kappa shape index (κ1) is 20.2. The standard InChI is InChI=1S/C17H25N3O3S.ClH/c1-13(21)19-11-8-14-12-16(5-6-17(14)19)24(22,23)20-10-3-2-4-15(20)7-9-18;/h5-6,12,15H,2-4,7-11,18H2,1H3;1H. The number of benzene rings is 1. The minimum absolute atomic E-state index is 0. The highest BCUT2D eigenvalue weighted by atomic mass is 35.5. The Morgan fingerprint density at radius 3 is 2.72 bits per heavy atom. The van der Waals surface area contributed by atoms with Crippen LogP contribution in [0.5, 0.6) is 0 Å². The van der Waals surface area contributed by atoms with E-state index < -0.39 is 10.0 Å². The topological polar surface area (TPSA) is 83.7 Å². The lowest BCUT2D eigenvalue weighted by atomic mass is 10.0. The molecule has 0 aliphatic carbocycles. The predicted octanol–water partition coefficient (Wildman–Crippen LogP) is 1.91. The summed E-state index contributed by atoms with van der Waals surface area (Å²) < 4.78 is 27.8. The summed E-state index contributed by atoms with van der Waals surface area (Å²) in [5.74, 6) is -0.0107. The van der Waals surface area contributed by atoms with Crippen LogP contribution in [0.15, 0.2) is 23.1 Å². The van der Waals surface area contributed by atoms with Crippen LogP contribution < -0.4 is 10.6 Å². The van der Waals surface area contributed by atoms with E-state index in [1.807, 2.05) is 0 Å². The van der Waals surface area contributed by atoms with Gasteiger partial charge in [-0.2, -0.15) is 4.31 Å². The molecule has 140 valence electrons. The van der Waals surface area contributed by atoms with Crippen LogP contribution in [-0.4, -0.2) is 44.3 Å². The van der Waals surface area contributed by atoms with E-state index in [-0.39, 0.29) is 24.4 Å². The normalized spacial score (nSPS) is 20.9. The zero-order valence-corrected chi connectivity index (χ0v) is 16.1. The zero-order chi connectivity index (χ0) is 17.3. The lowest BCUT2D eigenvalue weighted by molar-refractivity contribution is -0.116. The van der Waals surface area contributed by atoms with Crippen molar-refractivity contribution in [2.45, 2.75) is 50.0 Å². The van der Waals surface area contributed by atoms with Gasteiger partial charge < -0.3 is 10.6 Å². The van der Waals surface area contributed by atoms with Crippen LogP contribution in [0.2, 0.25) is 0 Å². The molecule has 2 aliphatic heterocycles. The Labute approximate surface area is 155 Å². The molecular formula is C17H26ClN3O3S. The average molecular weight is 388 g/mol. The molecule has 1 saturated heterocycles. The SMILES string of the molecule is CC(=O)N1CCc2cc(S(=O)(=O)N3CCCCC3CCN)ccc21.Cl. The van der Waals surface area contributed by atoms with Crippen molar-refractivity contribution in [2.75, 3.05) is 24.5 Å². The van der Waals surface area contributed by atoms with Crippen molar-refractivity contribution in [1.29, 1.82) is 0 Å². The number of piperidine rings is 1. The number of nitrogens with zero attached hydrogens (tertiary/aromatic N) is 2. The van der Waals surface area contributed by atoms with Crippen molar-refractivity contribution >= 4 is 34.0 Å². The fourth-order valence-corrected chi connectivity index (χ4v) is 5.55. The van der Waals surface area contributed by atoms with Gasteiger partial charge >= 0.3 is 0 Å². The summed E-state index contributed by atoms with van der Waals surface area (Å²) >= 11 is 0. The lowest BCUT2D eigenvalue weighted by Gasteiger charge is -2.34. The van der Waals surface area contributed by atoms with Gasteiger partial charge in [-0.1, -0.05) is 6.42 Å². The smallest absolute Gasteiger partial charge is 0.243 e. The van der Waals surface area contributed by atoms with Crippen molar-refractivity contribution in [3.63, 3.8) is 0 Å². The van der Waals surface area contributed by atoms with Gasteiger partial charge in [-0.05, 0) is 56.0 Å². The lowest BCUT2D eigenvalue weighted by Crippen LogP contribution is -2.44. The van der Waals surface area contributed by atoms with Crippen LogP contribution in [0.4, 0.5) is 5.69 Å². The molecule has 1 aromatic rings. The Morgan fingerprint density at radius 2 is 2.04 bits per heavy atom. The molecule has 8 heteroatoms. The maximum atomic E-state index is 13.1. The molecule has 0 bridgehead atoms. The highest BCUT2D eigenvalue weighted by Crippen LogP contribution is 2.33. The van der Waals surface area contributed by atoms with Crippen LogP contribution in [0, 0.1) is 0 Å². The van der Waals surface area contributed by atoms with E-state index in [4.69, 9.17) is 5.73 Å². The first-order chi connectivity index (χ1) is 11.4. The number of hydrogen-bond donors (Lipinski definition) is 1. The second kappa shape index (κ2) is 8.03. The van der Waals surface area contributed by atoms with E-state index >= 15 is 0 Å². The zero-order valence-electron chi connectivity index (χ0n) is 14.5. The first-order valence-corrected chi connectivity index (χ1v) is 10.0. The summed E-state index contributed by atoms with van der Waals surface area (Å²) in [4.78, 5) is 13.7. The maximum Gasteiger partial charge on any atom is 0.243 e. The van der Waals surface area contributed by atoms with E-state index in [9.17, 15) is 13.2 Å². The van der Waals surface area contributed by atoms with E-state index in [0.717, 1.165) is 30.5 Å². The number of hydrogen-bond acceptors (Lipinski definition) is 4. The molecule has 2 aliphatic rings. The second-order valence-electron chi connectivity index (χ2n) is 6.55. The van der Waals surface area contributed by atoms with Crippen LogP contribution >= 0.6 is 12.4 Å². The highest BCUT2D eigenvalue weighted by Gasteiger charge is 2.34. The monoisotopic (exact) mass is 387 g/mol. The minimum atomic E-state index is -3.52. The minimum Gasteiger partial charge on any atom is -0.330 e. The van der Waals surface area contributed by atoms with Crippen molar-refractivity contribution < 1.29 is 13.2 Å². The number of carbonyl (C=O) groups is 1. The van der Waals surface area contributed by atoms with Crippen LogP contribution in [0.25, 0.3) is 0 Å².